The summed E-state index contributed by atoms with van der Waals surface area (Å²) in [6.07, 6.45) is 2.89. The molecule has 2 aromatic heterocycles. The molecule has 106 valence electrons. The molecule has 1 saturated heterocycles. The molecule has 0 atom stereocenters. The van der Waals surface area contributed by atoms with Crippen LogP contribution in [0, 0.1) is 5.92 Å². The van der Waals surface area contributed by atoms with E-state index in [9.17, 15) is 4.79 Å². The Bertz CT molecular complexity index is 632. The van der Waals surface area contributed by atoms with Crippen molar-refractivity contribution in [3.8, 4) is 0 Å². The number of aromatic nitrogens is 4. The summed E-state index contributed by atoms with van der Waals surface area (Å²) in [4.78, 5) is 21.5. The van der Waals surface area contributed by atoms with E-state index in [0.717, 1.165) is 5.69 Å². The number of hydrogen-bond donors (Lipinski definition) is 2. The molecule has 1 fully saturated rings. The van der Waals surface area contributed by atoms with Gasteiger partial charge in [0.2, 0.25) is 5.95 Å². The summed E-state index contributed by atoms with van der Waals surface area (Å²) in [5, 5.41) is 13.4. The largest absolute Gasteiger partial charge is 0.481 e. The van der Waals surface area contributed by atoms with Gasteiger partial charge < -0.3 is 15.7 Å². The van der Waals surface area contributed by atoms with E-state index in [1.165, 1.54) is 0 Å². The lowest BCUT2D eigenvalue weighted by Gasteiger charge is -2.28. The summed E-state index contributed by atoms with van der Waals surface area (Å²) in [5.74, 6) is 0.117. The van der Waals surface area contributed by atoms with Gasteiger partial charge in [-0.2, -0.15) is 9.50 Å². The van der Waals surface area contributed by atoms with E-state index < -0.39 is 5.97 Å². The molecule has 1 aliphatic rings. The van der Waals surface area contributed by atoms with Crippen LogP contribution in [0.1, 0.15) is 18.5 Å². The average molecular weight is 276 g/mol. The lowest BCUT2D eigenvalue weighted by Crippen LogP contribution is -2.36. The van der Waals surface area contributed by atoms with Crippen molar-refractivity contribution in [2.45, 2.75) is 19.4 Å². The van der Waals surface area contributed by atoms with Gasteiger partial charge in [-0.3, -0.25) is 4.79 Å². The van der Waals surface area contributed by atoms with Crippen molar-refractivity contribution < 1.29 is 9.90 Å². The number of hydrogen-bond acceptors (Lipinski definition) is 6. The van der Waals surface area contributed by atoms with Crippen molar-refractivity contribution >= 4 is 17.7 Å². The van der Waals surface area contributed by atoms with Crippen LogP contribution in [0.15, 0.2) is 12.3 Å². The fourth-order valence-electron chi connectivity index (χ4n) is 2.45. The molecule has 0 aromatic carbocycles. The zero-order valence-corrected chi connectivity index (χ0v) is 10.9. The number of nitrogens with two attached hydrogens (primary N) is 1. The van der Waals surface area contributed by atoms with Gasteiger partial charge in [-0.1, -0.05) is 0 Å². The monoisotopic (exact) mass is 276 g/mol. The molecule has 8 nitrogen and oxygen atoms in total. The minimum absolute atomic E-state index is 0.263. The van der Waals surface area contributed by atoms with E-state index in [1.807, 2.05) is 11.0 Å². The van der Waals surface area contributed by atoms with Crippen molar-refractivity contribution in [2.24, 2.45) is 11.7 Å². The van der Waals surface area contributed by atoms with Gasteiger partial charge >= 0.3 is 5.97 Å². The highest BCUT2D eigenvalue weighted by atomic mass is 16.4. The molecule has 3 heterocycles. The first kappa shape index (κ1) is 12.8. The third-order valence-corrected chi connectivity index (χ3v) is 3.64. The molecule has 0 aliphatic carbocycles. The van der Waals surface area contributed by atoms with E-state index in [0.29, 0.717) is 44.2 Å². The first-order chi connectivity index (χ1) is 9.69. The summed E-state index contributed by atoms with van der Waals surface area (Å²) >= 11 is 0. The highest BCUT2D eigenvalue weighted by molar-refractivity contribution is 5.70. The second-order valence-corrected chi connectivity index (χ2v) is 4.86. The molecule has 20 heavy (non-hydrogen) atoms. The second kappa shape index (κ2) is 5.04. The number of rotatable bonds is 3. The van der Waals surface area contributed by atoms with E-state index in [4.69, 9.17) is 10.8 Å². The van der Waals surface area contributed by atoms with Crippen molar-refractivity contribution in [2.75, 3.05) is 18.0 Å². The Balaban J connectivity index is 1.83. The Morgan fingerprint density at radius 3 is 2.85 bits per heavy atom. The number of carboxylic acid groups (broad SMARTS) is 1. The quantitative estimate of drug-likeness (QED) is 0.804. The molecular formula is C12H16N6O2. The van der Waals surface area contributed by atoms with E-state index in [2.05, 4.69) is 15.1 Å². The van der Waals surface area contributed by atoms with Crippen molar-refractivity contribution in [1.82, 2.24) is 19.6 Å². The Morgan fingerprint density at radius 1 is 1.45 bits per heavy atom. The molecule has 0 radical (unpaired) electrons. The molecular weight excluding hydrogens is 260 g/mol. The molecule has 0 saturated carbocycles. The molecule has 1 aliphatic heterocycles. The van der Waals surface area contributed by atoms with Crippen LogP contribution in [0.3, 0.4) is 0 Å². The van der Waals surface area contributed by atoms with Crippen LogP contribution in [0.2, 0.25) is 0 Å². The molecule has 8 heteroatoms. The third-order valence-electron chi connectivity index (χ3n) is 3.64. The van der Waals surface area contributed by atoms with Crippen LogP contribution in [0.4, 0.5) is 5.95 Å². The van der Waals surface area contributed by atoms with Crippen LogP contribution in [-0.4, -0.2) is 43.7 Å². The van der Waals surface area contributed by atoms with E-state index >= 15 is 0 Å². The van der Waals surface area contributed by atoms with Gasteiger partial charge in [-0.05, 0) is 18.9 Å². The number of fused-ring (bicyclic) bond motifs is 1. The van der Waals surface area contributed by atoms with Crippen molar-refractivity contribution in [1.29, 1.82) is 0 Å². The van der Waals surface area contributed by atoms with Gasteiger partial charge in [0.1, 0.15) is 0 Å². The average Bonchev–Trinajstić information content (AvgIpc) is 2.91. The Kier molecular flexibility index (Phi) is 3.23. The highest BCUT2D eigenvalue weighted by Gasteiger charge is 2.26. The number of anilines is 1. The maximum Gasteiger partial charge on any atom is 0.306 e. The topological polar surface area (TPSA) is 110 Å². The minimum Gasteiger partial charge on any atom is -0.481 e. The standard InChI is InChI=1S/C12H16N6O2/c13-7-9-1-4-14-11-15-12(16-18(9)11)17-5-2-8(3-6-17)10(19)20/h1,4,8H,2-3,5-7,13H2,(H,19,20). The maximum absolute atomic E-state index is 10.9. The number of aliphatic carboxylic acids is 1. The maximum atomic E-state index is 10.9. The Morgan fingerprint density at radius 2 is 2.20 bits per heavy atom. The fraction of sp³-hybridized carbons (Fsp3) is 0.500. The van der Waals surface area contributed by atoms with E-state index in [-0.39, 0.29) is 5.92 Å². The minimum atomic E-state index is -0.723. The van der Waals surface area contributed by atoms with Crippen LogP contribution >= 0.6 is 0 Å². The molecule has 0 spiro atoms. The molecule has 3 N–H and O–H groups in total. The van der Waals surface area contributed by atoms with Gasteiger partial charge in [-0.25, -0.2) is 4.98 Å². The Hall–Kier alpha value is -2.22. The summed E-state index contributed by atoms with van der Waals surface area (Å²) in [7, 11) is 0. The van der Waals surface area contributed by atoms with Crippen LogP contribution in [0.25, 0.3) is 5.78 Å². The summed E-state index contributed by atoms with van der Waals surface area (Å²) in [6, 6.07) is 1.81. The van der Waals surface area contributed by atoms with Crippen LogP contribution in [0.5, 0.6) is 0 Å². The molecule has 0 bridgehead atoms. The first-order valence-electron chi connectivity index (χ1n) is 6.57. The fourth-order valence-corrected chi connectivity index (χ4v) is 2.45. The first-order valence-corrected chi connectivity index (χ1v) is 6.57. The van der Waals surface area contributed by atoms with Gasteiger partial charge in [0.05, 0.1) is 11.6 Å². The van der Waals surface area contributed by atoms with Gasteiger partial charge in [0, 0.05) is 25.8 Å². The lowest BCUT2D eigenvalue weighted by atomic mass is 9.97. The Labute approximate surface area is 115 Å². The number of piperidine rings is 1. The highest BCUT2D eigenvalue weighted by Crippen LogP contribution is 2.21. The van der Waals surface area contributed by atoms with Crippen LogP contribution in [-0.2, 0) is 11.3 Å². The van der Waals surface area contributed by atoms with E-state index in [1.54, 1.807) is 10.7 Å². The van der Waals surface area contributed by atoms with Crippen molar-refractivity contribution in [3.05, 3.63) is 18.0 Å². The summed E-state index contributed by atoms with van der Waals surface area (Å²) in [5.41, 5.74) is 6.50. The number of carboxylic acids is 1. The van der Waals surface area contributed by atoms with Crippen LogP contribution < -0.4 is 10.6 Å². The predicted molar refractivity (Wildman–Crippen MR) is 71.2 cm³/mol. The zero-order chi connectivity index (χ0) is 14.1. The summed E-state index contributed by atoms with van der Waals surface area (Å²) < 4.78 is 1.64. The lowest BCUT2D eigenvalue weighted by molar-refractivity contribution is -0.142. The van der Waals surface area contributed by atoms with Crippen molar-refractivity contribution in [3.63, 3.8) is 0 Å². The number of carbonyl (C=O) groups is 1. The van der Waals surface area contributed by atoms with Gasteiger partial charge in [0.15, 0.2) is 0 Å². The summed E-state index contributed by atoms with van der Waals surface area (Å²) in [6.45, 7) is 1.65. The smallest absolute Gasteiger partial charge is 0.306 e. The molecule has 0 unspecified atom stereocenters. The second-order valence-electron chi connectivity index (χ2n) is 4.86. The molecule has 3 rings (SSSR count). The number of nitrogens with zero attached hydrogens (tertiary/aromatic N) is 5. The zero-order valence-electron chi connectivity index (χ0n) is 10.9. The SMILES string of the molecule is NCc1ccnc2nc(N3CCC(C(=O)O)CC3)nn12. The predicted octanol–water partition coefficient (Wildman–Crippen LogP) is -0.116. The third kappa shape index (κ3) is 2.18. The van der Waals surface area contributed by atoms with Gasteiger partial charge in [-0.15, -0.1) is 5.10 Å². The van der Waals surface area contributed by atoms with Gasteiger partial charge in [0.25, 0.3) is 5.78 Å². The molecule has 0 amide bonds. The molecule has 2 aromatic rings. The normalized spacial score (nSPS) is 16.8.